The lowest BCUT2D eigenvalue weighted by molar-refractivity contribution is -0.917. The average molecular weight is 466 g/mol. The van der Waals surface area contributed by atoms with Crippen LogP contribution in [0.3, 0.4) is 0 Å². The summed E-state index contributed by atoms with van der Waals surface area (Å²) in [6.45, 7) is 1.57. The minimum absolute atomic E-state index is 0.122. The monoisotopic (exact) mass is 465 g/mol. The van der Waals surface area contributed by atoms with E-state index in [9.17, 15) is 0 Å². The zero-order chi connectivity index (χ0) is 22.1. The Labute approximate surface area is 195 Å². The predicted molar refractivity (Wildman–Crippen MR) is 126 cm³/mol. The van der Waals surface area contributed by atoms with Gasteiger partial charge in [-0.15, -0.1) is 5.01 Å². The van der Waals surface area contributed by atoms with Crippen LogP contribution >= 0.6 is 23.2 Å². The second kappa shape index (κ2) is 8.45. The molecule has 0 spiro atoms. The quantitative estimate of drug-likeness (QED) is 0.681. The second-order valence-electron chi connectivity index (χ2n) is 7.70. The SMILES string of the molecule is N#Cc1ccc(NC2CCCN([N+]34C=C(c5ccc(Cl)cc5Cl)N=CC3=NC=N4)C2)nc1. The number of nitrogens with one attached hydrogen (secondary N) is 1. The summed E-state index contributed by atoms with van der Waals surface area (Å²) in [7, 11) is 0. The molecule has 2 unspecified atom stereocenters. The molecule has 8 nitrogen and oxygen atoms in total. The summed E-state index contributed by atoms with van der Waals surface area (Å²) in [6.07, 6.45) is 8.85. The Balaban J connectivity index is 1.42. The minimum atomic E-state index is 0.122. The number of pyridine rings is 1. The fraction of sp³-hybridized carbons (Fsp3) is 0.227. The second-order valence-corrected chi connectivity index (χ2v) is 8.55. The van der Waals surface area contributed by atoms with Crippen molar-refractivity contribution in [3.63, 3.8) is 0 Å². The lowest BCUT2D eigenvalue weighted by Gasteiger charge is -2.40. The number of quaternary nitrogens is 1. The molecule has 160 valence electrons. The van der Waals surface area contributed by atoms with Gasteiger partial charge in [-0.25, -0.2) is 9.98 Å². The van der Waals surface area contributed by atoms with Crippen molar-refractivity contribution in [2.75, 3.05) is 18.4 Å². The van der Waals surface area contributed by atoms with Crippen molar-refractivity contribution in [1.82, 2.24) is 9.99 Å². The summed E-state index contributed by atoms with van der Waals surface area (Å²) in [5.41, 5.74) is 2.05. The predicted octanol–water partition coefficient (Wildman–Crippen LogP) is 4.31. The lowest BCUT2D eigenvalue weighted by atomic mass is 10.1. The number of aliphatic imine (C=N–C) groups is 2. The number of hydrogen-bond acceptors (Lipinski definition) is 7. The molecule has 2 atom stereocenters. The van der Waals surface area contributed by atoms with Crippen molar-refractivity contribution in [1.29, 1.82) is 5.26 Å². The highest BCUT2D eigenvalue weighted by Crippen LogP contribution is 2.35. The van der Waals surface area contributed by atoms with E-state index in [1.807, 2.05) is 18.3 Å². The maximum atomic E-state index is 8.98. The van der Waals surface area contributed by atoms with Crippen LogP contribution < -0.4 is 5.32 Å². The van der Waals surface area contributed by atoms with Crippen LogP contribution in [0.1, 0.15) is 24.0 Å². The summed E-state index contributed by atoms with van der Waals surface area (Å²) in [5, 5.41) is 20.5. The number of rotatable bonds is 4. The number of anilines is 1. The molecule has 1 fully saturated rings. The summed E-state index contributed by atoms with van der Waals surface area (Å²) in [4.78, 5) is 13.4. The van der Waals surface area contributed by atoms with Gasteiger partial charge in [0.1, 0.15) is 23.8 Å². The van der Waals surface area contributed by atoms with Crippen LogP contribution in [0.25, 0.3) is 5.70 Å². The maximum Gasteiger partial charge on any atom is 0.300 e. The van der Waals surface area contributed by atoms with Crippen molar-refractivity contribution in [2.45, 2.75) is 18.9 Å². The molecule has 10 heteroatoms. The molecular formula is C22H19Cl2N8+. The molecule has 0 saturated carbocycles. The van der Waals surface area contributed by atoms with Gasteiger partial charge >= 0.3 is 0 Å². The van der Waals surface area contributed by atoms with Gasteiger partial charge in [0.05, 0.1) is 23.7 Å². The number of hydrogen-bond donors (Lipinski definition) is 1. The molecule has 4 heterocycles. The summed E-state index contributed by atoms with van der Waals surface area (Å²) >= 11 is 12.5. The molecule has 1 saturated heterocycles. The molecule has 0 radical (unpaired) electrons. The van der Waals surface area contributed by atoms with Crippen LogP contribution in [0.4, 0.5) is 5.82 Å². The van der Waals surface area contributed by atoms with Gasteiger partial charge in [-0.2, -0.15) is 10.3 Å². The Hall–Kier alpha value is -3.09. The van der Waals surface area contributed by atoms with E-state index in [4.69, 9.17) is 33.6 Å². The largest absolute Gasteiger partial charge is 0.366 e. The highest BCUT2D eigenvalue weighted by Gasteiger charge is 2.47. The van der Waals surface area contributed by atoms with Crippen molar-refractivity contribution in [3.05, 3.63) is 63.9 Å². The number of halogens is 2. The number of benzene rings is 1. The van der Waals surface area contributed by atoms with E-state index in [0.29, 0.717) is 21.3 Å². The third-order valence-corrected chi connectivity index (χ3v) is 6.21. The Kier molecular flexibility index (Phi) is 5.49. The highest BCUT2D eigenvalue weighted by molar-refractivity contribution is 6.36. The first-order chi connectivity index (χ1) is 15.6. The van der Waals surface area contributed by atoms with E-state index in [-0.39, 0.29) is 10.7 Å². The molecule has 0 amide bonds. The first-order valence-corrected chi connectivity index (χ1v) is 10.9. The van der Waals surface area contributed by atoms with Gasteiger partial charge in [0.25, 0.3) is 5.84 Å². The number of nitrogens with zero attached hydrogens (tertiary/aromatic N) is 7. The van der Waals surface area contributed by atoms with Crippen molar-refractivity contribution < 1.29 is 4.70 Å². The molecule has 0 bridgehead atoms. The van der Waals surface area contributed by atoms with E-state index in [2.05, 4.69) is 31.4 Å². The summed E-state index contributed by atoms with van der Waals surface area (Å²) < 4.78 is 0.122. The first kappa shape index (κ1) is 20.8. The van der Waals surface area contributed by atoms with Gasteiger partial charge in [0, 0.05) is 22.8 Å². The highest BCUT2D eigenvalue weighted by atomic mass is 35.5. The number of aromatic nitrogens is 1. The number of nitriles is 1. The van der Waals surface area contributed by atoms with E-state index in [1.165, 1.54) is 0 Å². The molecule has 2 aromatic rings. The van der Waals surface area contributed by atoms with Crippen molar-refractivity contribution >= 4 is 53.1 Å². The van der Waals surface area contributed by atoms with Crippen molar-refractivity contribution in [2.24, 2.45) is 15.1 Å². The Morgan fingerprint density at radius 1 is 1.22 bits per heavy atom. The number of fused-ring (bicyclic) bond motifs is 1. The van der Waals surface area contributed by atoms with E-state index in [1.54, 1.807) is 36.9 Å². The maximum absolute atomic E-state index is 8.98. The molecule has 1 N–H and O–H groups in total. The summed E-state index contributed by atoms with van der Waals surface area (Å²) in [5.74, 6) is 1.48. The topological polar surface area (TPSA) is 89.0 Å². The minimum Gasteiger partial charge on any atom is -0.366 e. The number of piperidine rings is 1. The van der Waals surface area contributed by atoms with Crippen LogP contribution in [0.15, 0.2) is 57.8 Å². The molecule has 5 rings (SSSR count). The van der Waals surface area contributed by atoms with E-state index in [0.717, 1.165) is 43.1 Å². The third-order valence-electron chi connectivity index (χ3n) is 5.66. The smallest absolute Gasteiger partial charge is 0.300 e. The molecule has 0 aliphatic carbocycles. The fourth-order valence-corrected chi connectivity index (χ4v) is 4.60. The number of amidine groups is 1. The van der Waals surface area contributed by atoms with Gasteiger partial charge < -0.3 is 5.32 Å². The van der Waals surface area contributed by atoms with Crippen LogP contribution in [0.5, 0.6) is 0 Å². The average Bonchev–Trinajstić information content (AvgIpc) is 3.24. The van der Waals surface area contributed by atoms with Crippen LogP contribution in [0, 0.1) is 11.3 Å². The van der Waals surface area contributed by atoms with Gasteiger partial charge in [0.15, 0.2) is 12.5 Å². The Morgan fingerprint density at radius 3 is 2.91 bits per heavy atom. The summed E-state index contributed by atoms with van der Waals surface area (Å²) in [6, 6.07) is 11.2. The third kappa shape index (κ3) is 3.80. The van der Waals surface area contributed by atoms with Crippen molar-refractivity contribution in [3.8, 4) is 6.07 Å². The molecule has 3 aliphatic heterocycles. The van der Waals surface area contributed by atoms with Gasteiger partial charge in [0.2, 0.25) is 0 Å². The molecule has 3 aliphatic rings. The van der Waals surface area contributed by atoms with E-state index < -0.39 is 0 Å². The lowest BCUT2D eigenvalue weighted by Crippen LogP contribution is -2.61. The Morgan fingerprint density at radius 2 is 2.12 bits per heavy atom. The first-order valence-electron chi connectivity index (χ1n) is 10.2. The van der Waals surface area contributed by atoms with Crippen LogP contribution in [-0.2, 0) is 0 Å². The zero-order valence-corrected chi connectivity index (χ0v) is 18.5. The van der Waals surface area contributed by atoms with Crippen LogP contribution in [-0.4, -0.2) is 52.2 Å². The Bertz CT molecular complexity index is 1210. The zero-order valence-electron chi connectivity index (χ0n) is 17.0. The van der Waals surface area contributed by atoms with E-state index >= 15 is 0 Å². The molecular weight excluding hydrogens is 447 g/mol. The standard InChI is InChI=1S/C22H19Cl2N8/c23-16-4-5-18(19(24)8-16)20-13-32(22(11-26-20)28-14-29-32)31-7-1-2-17(12-31)30-21-6-3-15(9-25)10-27-21/h3-6,8,10-11,13-14,17H,1-2,7,12H2,(H,27,30)/q+1. The molecule has 32 heavy (non-hydrogen) atoms. The molecule has 1 aromatic heterocycles. The van der Waals surface area contributed by atoms with Gasteiger partial charge in [-0.1, -0.05) is 23.2 Å². The van der Waals surface area contributed by atoms with Gasteiger partial charge in [-0.3, -0.25) is 0 Å². The van der Waals surface area contributed by atoms with Crippen LogP contribution in [0.2, 0.25) is 10.0 Å². The normalized spacial score (nSPS) is 24.5. The molecule has 1 aromatic carbocycles. The fourth-order valence-electron chi connectivity index (χ4n) is 4.10. The van der Waals surface area contributed by atoms with Gasteiger partial charge in [-0.05, 0) is 53.0 Å².